The van der Waals surface area contributed by atoms with Crippen LogP contribution in [0.2, 0.25) is 0 Å². The van der Waals surface area contributed by atoms with Crippen molar-refractivity contribution in [3.05, 3.63) is 59.4 Å². The zero-order valence-electron chi connectivity index (χ0n) is 13.9. The van der Waals surface area contributed by atoms with Crippen molar-refractivity contribution in [1.82, 2.24) is 5.32 Å². The van der Waals surface area contributed by atoms with Gasteiger partial charge in [0.25, 0.3) is 0 Å². The third-order valence-electron chi connectivity index (χ3n) is 3.41. The van der Waals surface area contributed by atoms with E-state index < -0.39 is 0 Å². The first-order valence-corrected chi connectivity index (χ1v) is 7.48. The Kier molecular flexibility index (Phi) is 9.15. The Bertz CT molecular complexity index is 625. The lowest BCUT2D eigenvalue weighted by Gasteiger charge is -2.16. The Morgan fingerprint density at radius 1 is 1.00 bits per heavy atom. The highest BCUT2D eigenvalue weighted by Crippen LogP contribution is 2.32. The normalized spacial score (nSPS) is 10.1. The molecule has 0 amide bonds. The summed E-state index contributed by atoms with van der Waals surface area (Å²) in [6.45, 7) is 2.14. The number of methoxy groups -OCH3 is 2. The van der Waals surface area contributed by atoms with Gasteiger partial charge < -0.3 is 19.5 Å². The molecule has 2 aromatic rings. The first-order chi connectivity index (χ1) is 11.3. The molecule has 0 atom stereocenters. The Morgan fingerprint density at radius 3 is 2.46 bits per heavy atom. The van der Waals surface area contributed by atoms with Crippen molar-refractivity contribution in [2.75, 3.05) is 27.4 Å². The van der Waals surface area contributed by atoms with E-state index in [1.165, 1.54) is 6.07 Å². The van der Waals surface area contributed by atoms with Crippen molar-refractivity contribution < 1.29 is 18.6 Å². The van der Waals surface area contributed by atoms with Crippen molar-refractivity contribution >= 4 is 12.4 Å². The number of para-hydroxylation sites is 1. The first-order valence-electron chi connectivity index (χ1n) is 7.48. The Balaban J connectivity index is 0.00000288. The summed E-state index contributed by atoms with van der Waals surface area (Å²) in [6.07, 6.45) is 0. The molecule has 2 rings (SSSR count). The quantitative estimate of drug-likeness (QED) is 0.698. The summed E-state index contributed by atoms with van der Waals surface area (Å²) in [5.74, 6) is 0.984. The average Bonchev–Trinajstić information content (AvgIpc) is 2.58. The molecule has 0 saturated carbocycles. The Hall–Kier alpha value is -1.82. The molecule has 0 saturated heterocycles. The van der Waals surface area contributed by atoms with E-state index in [0.717, 1.165) is 12.1 Å². The van der Waals surface area contributed by atoms with Crippen LogP contribution in [0.5, 0.6) is 11.5 Å². The van der Waals surface area contributed by atoms with Crippen LogP contribution >= 0.6 is 12.4 Å². The number of halogens is 2. The van der Waals surface area contributed by atoms with E-state index in [-0.39, 0.29) is 24.8 Å². The zero-order chi connectivity index (χ0) is 16.5. The predicted octanol–water partition coefficient (Wildman–Crippen LogP) is 3.57. The third kappa shape index (κ3) is 5.67. The van der Waals surface area contributed by atoms with Gasteiger partial charge in [0.15, 0.2) is 11.5 Å². The molecule has 0 aliphatic rings. The molecular formula is C18H23ClFNO3. The van der Waals surface area contributed by atoms with Gasteiger partial charge in [-0.25, -0.2) is 4.39 Å². The van der Waals surface area contributed by atoms with E-state index in [9.17, 15) is 4.39 Å². The van der Waals surface area contributed by atoms with Gasteiger partial charge in [-0.2, -0.15) is 0 Å². The van der Waals surface area contributed by atoms with Gasteiger partial charge in [-0.05, 0) is 12.1 Å². The van der Waals surface area contributed by atoms with E-state index in [1.54, 1.807) is 32.4 Å². The van der Waals surface area contributed by atoms with E-state index in [0.29, 0.717) is 30.2 Å². The van der Waals surface area contributed by atoms with Crippen molar-refractivity contribution in [2.45, 2.75) is 13.2 Å². The minimum atomic E-state index is -0.276. The molecule has 0 fully saturated rings. The largest absolute Gasteiger partial charge is 0.493 e. The second kappa shape index (κ2) is 10.9. The molecule has 6 heteroatoms. The number of nitrogens with one attached hydrogen (secondary N) is 1. The van der Waals surface area contributed by atoms with Gasteiger partial charge in [0.2, 0.25) is 0 Å². The van der Waals surface area contributed by atoms with Crippen LogP contribution in [-0.4, -0.2) is 27.4 Å². The van der Waals surface area contributed by atoms with E-state index in [1.807, 2.05) is 18.2 Å². The summed E-state index contributed by atoms with van der Waals surface area (Å²) in [5.41, 5.74) is 1.47. The fraction of sp³-hybridized carbons (Fsp3) is 0.333. The maximum absolute atomic E-state index is 13.7. The molecule has 24 heavy (non-hydrogen) atoms. The van der Waals surface area contributed by atoms with Gasteiger partial charge in [-0.3, -0.25) is 0 Å². The molecule has 1 N–H and O–H groups in total. The average molecular weight is 356 g/mol. The second-order valence-corrected chi connectivity index (χ2v) is 5.00. The summed E-state index contributed by atoms with van der Waals surface area (Å²) >= 11 is 0. The van der Waals surface area contributed by atoms with Crippen molar-refractivity contribution in [3.63, 3.8) is 0 Å². The SMILES string of the molecule is COCCNCc1cccc(OC)c1OCc1ccccc1F.Cl. The smallest absolute Gasteiger partial charge is 0.166 e. The van der Waals surface area contributed by atoms with Gasteiger partial charge in [0, 0.05) is 31.3 Å². The molecule has 0 radical (unpaired) electrons. The van der Waals surface area contributed by atoms with Crippen molar-refractivity contribution in [3.8, 4) is 11.5 Å². The fourth-order valence-corrected chi connectivity index (χ4v) is 2.19. The number of ether oxygens (including phenoxy) is 3. The van der Waals surface area contributed by atoms with Crippen LogP contribution < -0.4 is 14.8 Å². The summed E-state index contributed by atoms with van der Waals surface area (Å²) < 4.78 is 29.9. The highest BCUT2D eigenvalue weighted by atomic mass is 35.5. The van der Waals surface area contributed by atoms with Crippen LogP contribution in [0.1, 0.15) is 11.1 Å². The maximum Gasteiger partial charge on any atom is 0.166 e. The highest BCUT2D eigenvalue weighted by molar-refractivity contribution is 5.85. The van der Waals surface area contributed by atoms with Gasteiger partial charge >= 0.3 is 0 Å². The Morgan fingerprint density at radius 2 is 1.75 bits per heavy atom. The Labute approximate surface area is 148 Å². The summed E-state index contributed by atoms with van der Waals surface area (Å²) in [5, 5.41) is 3.27. The topological polar surface area (TPSA) is 39.7 Å². The van der Waals surface area contributed by atoms with E-state index in [2.05, 4.69) is 5.32 Å². The maximum atomic E-state index is 13.7. The van der Waals surface area contributed by atoms with Crippen LogP contribution in [0.25, 0.3) is 0 Å². The highest BCUT2D eigenvalue weighted by Gasteiger charge is 2.11. The van der Waals surface area contributed by atoms with E-state index in [4.69, 9.17) is 14.2 Å². The molecule has 0 aliphatic heterocycles. The molecule has 0 heterocycles. The molecule has 4 nitrogen and oxygen atoms in total. The molecular weight excluding hydrogens is 333 g/mol. The number of rotatable bonds is 9. The summed E-state index contributed by atoms with van der Waals surface area (Å²) in [6, 6.07) is 12.3. The van der Waals surface area contributed by atoms with Gasteiger partial charge in [-0.15, -0.1) is 12.4 Å². The minimum absolute atomic E-state index is 0. The lowest BCUT2D eigenvalue weighted by atomic mass is 10.1. The fourth-order valence-electron chi connectivity index (χ4n) is 2.19. The van der Waals surface area contributed by atoms with Crippen LogP contribution in [0, 0.1) is 5.82 Å². The lowest BCUT2D eigenvalue weighted by Crippen LogP contribution is -2.19. The van der Waals surface area contributed by atoms with Crippen LogP contribution in [0.3, 0.4) is 0 Å². The lowest BCUT2D eigenvalue weighted by molar-refractivity contribution is 0.199. The number of hydrogen-bond donors (Lipinski definition) is 1. The number of hydrogen-bond acceptors (Lipinski definition) is 4. The van der Waals surface area contributed by atoms with Crippen LogP contribution in [0.15, 0.2) is 42.5 Å². The van der Waals surface area contributed by atoms with Crippen molar-refractivity contribution in [1.29, 1.82) is 0 Å². The number of benzene rings is 2. The molecule has 0 bridgehead atoms. The third-order valence-corrected chi connectivity index (χ3v) is 3.41. The molecule has 132 valence electrons. The van der Waals surface area contributed by atoms with E-state index >= 15 is 0 Å². The second-order valence-electron chi connectivity index (χ2n) is 5.00. The van der Waals surface area contributed by atoms with Gasteiger partial charge in [-0.1, -0.05) is 30.3 Å². The molecule has 0 unspecified atom stereocenters. The first kappa shape index (κ1) is 20.2. The standard InChI is InChI=1S/C18H22FNO3.ClH/c1-21-11-10-20-12-14-7-5-9-17(22-2)18(14)23-13-15-6-3-4-8-16(15)19;/h3-9,20H,10-13H2,1-2H3;1H. The monoisotopic (exact) mass is 355 g/mol. The molecule has 0 aromatic heterocycles. The molecule has 0 aliphatic carbocycles. The molecule has 0 spiro atoms. The van der Waals surface area contributed by atoms with Crippen LogP contribution in [0.4, 0.5) is 4.39 Å². The minimum Gasteiger partial charge on any atom is -0.493 e. The van der Waals surface area contributed by atoms with Crippen molar-refractivity contribution in [2.24, 2.45) is 0 Å². The summed E-state index contributed by atoms with van der Waals surface area (Å²) in [7, 11) is 3.25. The van der Waals surface area contributed by atoms with Gasteiger partial charge in [0.05, 0.1) is 13.7 Å². The molecule has 2 aromatic carbocycles. The predicted molar refractivity (Wildman–Crippen MR) is 94.6 cm³/mol. The summed E-state index contributed by atoms with van der Waals surface area (Å²) in [4.78, 5) is 0. The van der Waals surface area contributed by atoms with Gasteiger partial charge in [0.1, 0.15) is 12.4 Å². The van der Waals surface area contributed by atoms with Crippen LogP contribution in [-0.2, 0) is 17.9 Å². The zero-order valence-corrected chi connectivity index (χ0v) is 14.7.